The third kappa shape index (κ3) is 2.92. The summed E-state index contributed by atoms with van der Waals surface area (Å²) < 4.78 is 0. The summed E-state index contributed by atoms with van der Waals surface area (Å²) in [6.45, 7) is 1.81. The summed E-state index contributed by atoms with van der Waals surface area (Å²) in [4.78, 5) is 30.5. The fraction of sp³-hybridized carbons (Fsp3) is 0.0769. The van der Waals surface area contributed by atoms with Gasteiger partial charge in [0.2, 0.25) is 0 Å². The maximum atomic E-state index is 11.9. The average molecular weight is 257 g/mol. The van der Waals surface area contributed by atoms with Crippen molar-refractivity contribution in [2.24, 2.45) is 0 Å². The van der Waals surface area contributed by atoms with Crippen molar-refractivity contribution in [1.29, 1.82) is 0 Å². The molecule has 6 nitrogen and oxygen atoms in total. The van der Waals surface area contributed by atoms with Gasteiger partial charge in [0.05, 0.1) is 0 Å². The van der Waals surface area contributed by atoms with Crippen LogP contribution in [0, 0.1) is 6.92 Å². The molecule has 2 heterocycles. The predicted octanol–water partition coefficient (Wildman–Crippen LogP) is 1.74. The molecule has 0 bridgehead atoms. The number of carboxylic acids is 1. The number of carbonyl (C=O) groups excluding carboxylic acids is 1. The maximum absolute atomic E-state index is 11.9. The van der Waals surface area contributed by atoms with Crippen LogP contribution in [0.3, 0.4) is 0 Å². The van der Waals surface area contributed by atoms with Gasteiger partial charge in [-0.05, 0) is 30.7 Å². The normalized spacial score (nSPS) is 9.95. The highest BCUT2D eigenvalue weighted by molar-refractivity contribution is 6.03. The van der Waals surface area contributed by atoms with Crippen LogP contribution in [0.1, 0.15) is 26.5 Å². The Labute approximate surface area is 109 Å². The summed E-state index contributed by atoms with van der Waals surface area (Å²) in [6.07, 6.45) is 1.56. The standard InChI is InChI=1S/C13H11N3O3/c1-8-4-3-7-14-11(8)16-12(17)9-5-2-6-10(15-9)13(18)19/h2-7H,1H3,(H,18,19)(H,14,16,17). The number of aromatic carboxylic acids is 1. The van der Waals surface area contributed by atoms with Crippen molar-refractivity contribution in [3.05, 3.63) is 53.5 Å². The number of hydrogen-bond acceptors (Lipinski definition) is 4. The van der Waals surface area contributed by atoms with Crippen molar-refractivity contribution in [2.45, 2.75) is 6.92 Å². The second kappa shape index (κ2) is 5.26. The Balaban J connectivity index is 2.23. The van der Waals surface area contributed by atoms with E-state index in [4.69, 9.17) is 5.11 Å². The molecule has 19 heavy (non-hydrogen) atoms. The number of hydrogen-bond donors (Lipinski definition) is 2. The molecule has 0 fully saturated rings. The van der Waals surface area contributed by atoms with E-state index < -0.39 is 11.9 Å². The maximum Gasteiger partial charge on any atom is 0.354 e. The zero-order valence-corrected chi connectivity index (χ0v) is 10.1. The van der Waals surface area contributed by atoms with E-state index in [2.05, 4.69) is 15.3 Å². The average Bonchev–Trinajstić information content (AvgIpc) is 2.41. The lowest BCUT2D eigenvalue weighted by Crippen LogP contribution is -2.16. The Morgan fingerprint density at radius 3 is 2.58 bits per heavy atom. The van der Waals surface area contributed by atoms with Gasteiger partial charge in [-0.1, -0.05) is 12.1 Å². The lowest BCUT2D eigenvalue weighted by atomic mass is 10.2. The van der Waals surface area contributed by atoms with E-state index in [0.29, 0.717) is 5.82 Å². The van der Waals surface area contributed by atoms with Gasteiger partial charge in [-0.25, -0.2) is 14.8 Å². The van der Waals surface area contributed by atoms with Gasteiger partial charge in [-0.15, -0.1) is 0 Å². The fourth-order valence-corrected chi connectivity index (χ4v) is 1.47. The molecule has 2 aromatic rings. The second-order valence-corrected chi connectivity index (χ2v) is 3.84. The molecule has 0 saturated heterocycles. The molecular formula is C13H11N3O3. The van der Waals surface area contributed by atoms with Gasteiger partial charge in [0.15, 0.2) is 0 Å². The number of nitrogens with one attached hydrogen (secondary N) is 1. The molecule has 0 saturated carbocycles. The third-order valence-electron chi connectivity index (χ3n) is 2.44. The first-order chi connectivity index (χ1) is 9.08. The summed E-state index contributed by atoms with van der Waals surface area (Å²) >= 11 is 0. The molecule has 2 rings (SSSR count). The van der Waals surface area contributed by atoms with Crippen molar-refractivity contribution in [3.8, 4) is 0 Å². The Kier molecular flexibility index (Phi) is 3.51. The number of carboxylic acid groups (broad SMARTS) is 1. The minimum atomic E-state index is -1.18. The van der Waals surface area contributed by atoms with E-state index in [-0.39, 0.29) is 11.4 Å². The molecule has 0 aliphatic carbocycles. The molecule has 6 heteroatoms. The van der Waals surface area contributed by atoms with Crippen LogP contribution in [0.5, 0.6) is 0 Å². The first-order valence-corrected chi connectivity index (χ1v) is 5.51. The van der Waals surface area contributed by atoms with E-state index in [1.807, 2.05) is 13.0 Å². The summed E-state index contributed by atoms with van der Waals surface area (Å²) in [7, 11) is 0. The quantitative estimate of drug-likeness (QED) is 0.873. The van der Waals surface area contributed by atoms with Crippen molar-refractivity contribution in [2.75, 3.05) is 5.32 Å². The van der Waals surface area contributed by atoms with Crippen LogP contribution < -0.4 is 5.32 Å². The molecule has 2 N–H and O–H groups in total. The minimum Gasteiger partial charge on any atom is -0.477 e. The van der Waals surface area contributed by atoms with Crippen molar-refractivity contribution in [3.63, 3.8) is 0 Å². The van der Waals surface area contributed by atoms with Crippen LogP contribution in [0.15, 0.2) is 36.5 Å². The SMILES string of the molecule is Cc1cccnc1NC(=O)c1cccc(C(=O)O)n1. The smallest absolute Gasteiger partial charge is 0.354 e. The molecule has 0 spiro atoms. The Morgan fingerprint density at radius 1 is 1.16 bits per heavy atom. The Bertz CT molecular complexity index is 641. The molecule has 0 radical (unpaired) electrons. The number of rotatable bonds is 3. The molecule has 96 valence electrons. The fourth-order valence-electron chi connectivity index (χ4n) is 1.47. The van der Waals surface area contributed by atoms with Gasteiger partial charge in [-0.2, -0.15) is 0 Å². The van der Waals surface area contributed by atoms with E-state index in [9.17, 15) is 9.59 Å². The third-order valence-corrected chi connectivity index (χ3v) is 2.44. The number of anilines is 1. The van der Waals surface area contributed by atoms with Crippen molar-refractivity contribution in [1.82, 2.24) is 9.97 Å². The first-order valence-electron chi connectivity index (χ1n) is 5.51. The summed E-state index contributed by atoms with van der Waals surface area (Å²) in [5, 5.41) is 11.4. The zero-order valence-electron chi connectivity index (χ0n) is 10.1. The zero-order chi connectivity index (χ0) is 13.8. The monoisotopic (exact) mass is 257 g/mol. The van der Waals surface area contributed by atoms with E-state index in [0.717, 1.165) is 5.56 Å². The molecule has 0 aliphatic heterocycles. The van der Waals surface area contributed by atoms with Gasteiger partial charge >= 0.3 is 5.97 Å². The highest BCUT2D eigenvalue weighted by Gasteiger charge is 2.12. The Morgan fingerprint density at radius 2 is 1.89 bits per heavy atom. The molecule has 0 aliphatic rings. The van der Waals surface area contributed by atoms with Crippen LogP contribution in [-0.4, -0.2) is 27.0 Å². The highest BCUT2D eigenvalue weighted by Crippen LogP contribution is 2.10. The lowest BCUT2D eigenvalue weighted by Gasteiger charge is -2.06. The van der Waals surface area contributed by atoms with E-state index in [1.165, 1.54) is 18.2 Å². The molecule has 0 aromatic carbocycles. The summed E-state index contributed by atoms with van der Waals surface area (Å²) in [6, 6.07) is 7.81. The van der Waals surface area contributed by atoms with Crippen molar-refractivity contribution >= 4 is 17.7 Å². The lowest BCUT2D eigenvalue weighted by molar-refractivity contribution is 0.0690. The van der Waals surface area contributed by atoms with Crippen LogP contribution in [0.4, 0.5) is 5.82 Å². The minimum absolute atomic E-state index is 0.0324. The van der Waals surface area contributed by atoms with Gasteiger partial charge in [-0.3, -0.25) is 4.79 Å². The largest absolute Gasteiger partial charge is 0.477 e. The van der Waals surface area contributed by atoms with Gasteiger partial charge in [0.1, 0.15) is 17.2 Å². The molecule has 1 amide bonds. The highest BCUT2D eigenvalue weighted by atomic mass is 16.4. The van der Waals surface area contributed by atoms with Gasteiger partial charge in [0.25, 0.3) is 5.91 Å². The van der Waals surface area contributed by atoms with Gasteiger partial charge in [0, 0.05) is 6.20 Å². The van der Waals surface area contributed by atoms with Crippen LogP contribution >= 0.6 is 0 Å². The number of carbonyl (C=O) groups is 2. The topological polar surface area (TPSA) is 92.2 Å². The Hall–Kier alpha value is -2.76. The van der Waals surface area contributed by atoms with Crippen LogP contribution in [0.2, 0.25) is 0 Å². The number of nitrogens with zero attached hydrogens (tertiary/aromatic N) is 2. The summed E-state index contributed by atoms with van der Waals surface area (Å²) in [5.41, 5.74) is 0.667. The van der Waals surface area contributed by atoms with Gasteiger partial charge < -0.3 is 10.4 Å². The number of pyridine rings is 2. The van der Waals surface area contributed by atoms with Crippen molar-refractivity contribution < 1.29 is 14.7 Å². The molecule has 0 unspecified atom stereocenters. The number of aromatic nitrogens is 2. The van der Waals surface area contributed by atoms with E-state index >= 15 is 0 Å². The second-order valence-electron chi connectivity index (χ2n) is 3.84. The summed E-state index contributed by atoms with van der Waals surface area (Å²) in [5.74, 6) is -1.25. The molecule has 0 atom stereocenters. The number of aryl methyl sites for hydroxylation is 1. The number of amides is 1. The van der Waals surface area contributed by atoms with Crippen LogP contribution in [-0.2, 0) is 0 Å². The first kappa shape index (κ1) is 12.7. The predicted molar refractivity (Wildman–Crippen MR) is 68.1 cm³/mol. The molecule has 2 aromatic heterocycles. The molecular weight excluding hydrogens is 246 g/mol. The van der Waals surface area contributed by atoms with Crippen LogP contribution in [0.25, 0.3) is 0 Å². The van der Waals surface area contributed by atoms with E-state index in [1.54, 1.807) is 12.3 Å².